The van der Waals surface area contributed by atoms with E-state index in [1.165, 1.54) is 0 Å². The third kappa shape index (κ3) is 3.33. The Bertz CT molecular complexity index is 685. The zero-order chi connectivity index (χ0) is 19.4. The monoisotopic (exact) mass is 397 g/mol. The van der Waals surface area contributed by atoms with E-state index in [2.05, 4.69) is 18.7 Å². The molecular weight excluding hydrogens is 362 g/mol. The number of nitrogens with zero attached hydrogens (tertiary/aromatic N) is 3. The van der Waals surface area contributed by atoms with Crippen molar-refractivity contribution in [1.29, 1.82) is 0 Å². The minimum Gasteiger partial charge on any atom is -0.339 e. The highest BCUT2D eigenvalue weighted by atomic mass is 32.2. The number of sulfonamides is 1. The molecule has 0 aromatic carbocycles. The van der Waals surface area contributed by atoms with Crippen LogP contribution in [0, 0.1) is 11.3 Å². The molecule has 0 aromatic rings. The van der Waals surface area contributed by atoms with E-state index in [9.17, 15) is 13.2 Å². The van der Waals surface area contributed by atoms with Crippen LogP contribution in [-0.2, 0) is 14.8 Å². The summed E-state index contributed by atoms with van der Waals surface area (Å²) in [5, 5.41) is -0.133. The number of hydrogen-bond donors (Lipinski definition) is 0. The number of likely N-dealkylation sites (tertiary alicyclic amines) is 2. The van der Waals surface area contributed by atoms with E-state index in [1.807, 2.05) is 11.9 Å². The van der Waals surface area contributed by atoms with Gasteiger partial charge < -0.3 is 9.80 Å². The molecule has 27 heavy (non-hydrogen) atoms. The third-order valence-electron chi connectivity index (χ3n) is 7.53. The summed E-state index contributed by atoms with van der Waals surface area (Å²) in [4.78, 5) is 17.8. The van der Waals surface area contributed by atoms with Gasteiger partial charge in [0, 0.05) is 32.2 Å². The first kappa shape index (κ1) is 19.6. The summed E-state index contributed by atoms with van der Waals surface area (Å²) >= 11 is 0. The van der Waals surface area contributed by atoms with Gasteiger partial charge in [0.1, 0.15) is 0 Å². The van der Waals surface area contributed by atoms with Crippen molar-refractivity contribution < 1.29 is 13.2 Å². The van der Waals surface area contributed by atoms with E-state index in [-0.39, 0.29) is 16.2 Å². The standard InChI is InChI=1S/C20H35N3O3S/c1-16(2)14-22-10-6-19(7-11-22)15-20(21(3)18(19)24)8-12-23(13-9-20)27(25,26)17-4-5-17/h16-17H,4-15H2,1-3H3. The number of amides is 1. The number of carbonyl (C=O) groups is 1. The Labute approximate surface area is 164 Å². The van der Waals surface area contributed by atoms with Gasteiger partial charge in [0.25, 0.3) is 0 Å². The van der Waals surface area contributed by atoms with Crippen LogP contribution in [0.15, 0.2) is 0 Å². The predicted octanol–water partition coefficient (Wildman–Crippen LogP) is 1.91. The van der Waals surface area contributed by atoms with E-state index in [0.717, 1.165) is 64.6 Å². The van der Waals surface area contributed by atoms with Crippen LogP contribution in [0.4, 0.5) is 0 Å². The van der Waals surface area contributed by atoms with Crippen molar-refractivity contribution in [3.05, 3.63) is 0 Å². The molecule has 4 fully saturated rings. The van der Waals surface area contributed by atoms with Gasteiger partial charge in [-0.3, -0.25) is 4.79 Å². The molecule has 4 rings (SSSR count). The number of hydrogen-bond acceptors (Lipinski definition) is 4. The first-order chi connectivity index (χ1) is 12.7. The summed E-state index contributed by atoms with van der Waals surface area (Å²) < 4.78 is 26.8. The first-order valence-corrected chi connectivity index (χ1v) is 12.2. The zero-order valence-corrected chi connectivity index (χ0v) is 17.9. The molecule has 1 aliphatic carbocycles. The Morgan fingerprint density at radius 1 is 1.04 bits per heavy atom. The molecule has 0 unspecified atom stereocenters. The molecule has 0 N–H and O–H groups in total. The van der Waals surface area contributed by atoms with Gasteiger partial charge >= 0.3 is 0 Å². The lowest BCUT2D eigenvalue weighted by molar-refractivity contribution is -0.139. The fraction of sp³-hybridized carbons (Fsp3) is 0.950. The van der Waals surface area contributed by atoms with Gasteiger partial charge in [-0.25, -0.2) is 12.7 Å². The second kappa shape index (κ2) is 6.70. The first-order valence-electron chi connectivity index (χ1n) is 10.7. The van der Waals surface area contributed by atoms with Crippen LogP contribution < -0.4 is 0 Å². The van der Waals surface area contributed by atoms with Crippen LogP contribution in [0.2, 0.25) is 0 Å². The maximum Gasteiger partial charge on any atom is 0.229 e. The lowest BCUT2D eigenvalue weighted by Gasteiger charge is -2.43. The van der Waals surface area contributed by atoms with E-state index in [0.29, 0.717) is 24.9 Å². The molecule has 154 valence electrons. The SMILES string of the molecule is CC(C)CN1CCC2(CC1)CC1(CCN(S(=O)(=O)C3CC3)CC1)N(C)C2=O. The average Bonchev–Trinajstić information content (AvgIpc) is 3.45. The normalized spacial score (nSPS) is 29.3. The van der Waals surface area contributed by atoms with Crippen molar-refractivity contribution in [2.45, 2.75) is 69.6 Å². The van der Waals surface area contributed by atoms with Crippen molar-refractivity contribution >= 4 is 15.9 Å². The third-order valence-corrected chi connectivity index (χ3v) is 9.93. The molecule has 1 saturated carbocycles. The van der Waals surface area contributed by atoms with Crippen LogP contribution >= 0.6 is 0 Å². The topological polar surface area (TPSA) is 60.9 Å². The van der Waals surface area contributed by atoms with E-state index < -0.39 is 10.0 Å². The van der Waals surface area contributed by atoms with Crippen LogP contribution in [0.5, 0.6) is 0 Å². The zero-order valence-electron chi connectivity index (χ0n) is 17.1. The molecular formula is C20H35N3O3S. The molecule has 1 amide bonds. The highest BCUT2D eigenvalue weighted by Gasteiger charge is 2.59. The van der Waals surface area contributed by atoms with Crippen molar-refractivity contribution in [2.75, 3.05) is 39.8 Å². The smallest absolute Gasteiger partial charge is 0.229 e. The average molecular weight is 398 g/mol. The van der Waals surface area contributed by atoms with Gasteiger partial charge in [-0.1, -0.05) is 13.8 Å². The molecule has 7 heteroatoms. The lowest BCUT2D eigenvalue weighted by atomic mass is 9.71. The maximum absolute atomic E-state index is 13.3. The second-order valence-electron chi connectivity index (χ2n) is 9.88. The van der Waals surface area contributed by atoms with E-state index in [4.69, 9.17) is 0 Å². The van der Waals surface area contributed by atoms with E-state index >= 15 is 0 Å². The maximum atomic E-state index is 13.3. The van der Waals surface area contributed by atoms with E-state index in [1.54, 1.807) is 4.31 Å². The molecule has 0 radical (unpaired) electrons. The van der Waals surface area contributed by atoms with Crippen LogP contribution in [0.25, 0.3) is 0 Å². The number of piperidine rings is 2. The van der Waals surface area contributed by atoms with Crippen LogP contribution in [-0.4, -0.2) is 79.0 Å². The molecule has 3 aliphatic heterocycles. The fourth-order valence-corrected chi connectivity index (χ4v) is 7.56. The van der Waals surface area contributed by atoms with Crippen LogP contribution in [0.3, 0.4) is 0 Å². The minimum absolute atomic E-state index is 0.132. The Morgan fingerprint density at radius 3 is 2.15 bits per heavy atom. The largest absolute Gasteiger partial charge is 0.339 e. The van der Waals surface area contributed by atoms with Crippen molar-refractivity contribution in [1.82, 2.24) is 14.1 Å². The molecule has 0 bridgehead atoms. The van der Waals surface area contributed by atoms with Crippen LogP contribution in [0.1, 0.15) is 58.8 Å². The van der Waals surface area contributed by atoms with Crippen molar-refractivity contribution in [2.24, 2.45) is 11.3 Å². The molecule has 6 nitrogen and oxygen atoms in total. The summed E-state index contributed by atoms with van der Waals surface area (Å²) in [5.41, 5.74) is -0.341. The quantitative estimate of drug-likeness (QED) is 0.727. The van der Waals surface area contributed by atoms with Crippen molar-refractivity contribution in [3.8, 4) is 0 Å². The molecule has 0 aromatic heterocycles. The summed E-state index contributed by atoms with van der Waals surface area (Å²) in [6.45, 7) is 8.78. The minimum atomic E-state index is -3.10. The second-order valence-corrected chi connectivity index (χ2v) is 12.1. The van der Waals surface area contributed by atoms with Gasteiger partial charge in [-0.2, -0.15) is 0 Å². The Hall–Kier alpha value is -0.660. The fourth-order valence-electron chi connectivity index (χ4n) is 5.71. The van der Waals surface area contributed by atoms with Gasteiger partial charge in [0.05, 0.1) is 10.7 Å². The molecule has 0 atom stereocenters. The number of carbonyl (C=O) groups excluding carboxylic acids is 1. The van der Waals surface area contributed by atoms with Gasteiger partial charge in [0.15, 0.2) is 0 Å². The Kier molecular flexibility index (Phi) is 4.87. The summed E-state index contributed by atoms with van der Waals surface area (Å²) in [6.07, 6.45) is 6.04. The molecule has 3 saturated heterocycles. The number of rotatable bonds is 4. The lowest BCUT2D eigenvalue weighted by Crippen LogP contribution is -2.53. The summed E-state index contributed by atoms with van der Waals surface area (Å²) in [5.74, 6) is 0.968. The highest BCUT2D eigenvalue weighted by molar-refractivity contribution is 7.90. The van der Waals surface area contributed by atoms with Gasteiger partial charge in [-0.15, -0.1) is 0 Å². The van der Waals surface area contributed by atoms with Crippen molar-refractivity contribution in [3.63, 3.8) is 0 Å². The van der Waals surface area contributed by atoms with Gasteiger partial charge in [-0.05, 0) is 64.0 Å². The summed E-state index contributed by atoms with van der Waals surface area (Å²) in [6, 6.07) is 0. The highest BCUT2D eigenvalue weighted by Crippen LogP contribution is 2.52. The Balaban J connectivity index is 1.43. The molecule has 3 heterocycles. The predicted molar refractivity (Wildman–Crippen MR) is 106 cm³/mol. The molecule has 4 aliphatic rings. The Morgan fingerprint density at radius 2 is 1.63 bits per heavy atom. The molecule has 2 spiro atoms. The van der Waals surface area contributed by atoms with Gasteiger partial charge in [0.2, 0.25) is 15.9 Å². The summed E-state index contributed by atoms with van der Waals surface area (Å²) in [7, 11) is -1.13.